The second kappa shape index (κ2) is 10.6. The summed E-state index contributed by atoms with van der Waals surface area (Å²) in [6, 6.07) is 61.8. The van der Waals surface area contributed by atoms with Gasteiger partial charge in [-0.05, 0) is 78.2 Å². The van der Waals surface area contributed by atoms with Crippen LogP contribution >= 0.6 is 0 Å². The molecule has 7 aromatic carbocycles. The van der Waals surface area contributed by atoms with Crippen molar-refractivity contribution in [2.24, 2.45) is 0 Å². The minimum atomic E-state index is 0.909. The van der Waals surface area contributed by atoms with Crippen molar-refractivity contribution < 1.29 is 0 Å². The Morgan fingerprint density at radius 2 is 0.917 bits per heavy atom. The molecule has 0 aliphatic heterocycles. The first-order valence-corrected chi connectivity index (χ1v) is 16.6. The highest BCUT2D eigenvalue weighted by atomic mass is 15.0. The van der Waals surface area contributed by atoms with Gasteiger partial charge in [-0.25, -0.2) is 0 Å². The standard InChI is InChI=1S/C45H31N3/c1-4-12-31(13-5-1)28-32-20-22-36(23-21-32)48-43-30-42-33(26-27-46(42)34-14-6-2-7-15-34)29-40(43)39-25-24-38-37-18-10-11-19-41(37)47(44(38)45(39)48)35-16-8-3-9-17-35/h1-27,29-30H,28H2. The third kappa shape index (κ3) is 4.08. The maximum Gasteiger partial charge on any atom is 0.0788 e. The van der Waals surface area contributed by atoms with Gasteiger partial charge in [0.05, 0.1) is 27.6 Å². The van der Waals surface area contributed by atoms with Gasteiger partial charge >= 0.3 is 0 Å². The lowest BCUT2D eigenvalue weighted by Crippen LogP contribution is -1.99. The molecule has 0 spiro atoms. The van der Waals surface area contributed by atoms with Gasteiger partial charge in [-0.3, -0.25) is 0 Å². The molecule has 3 heterocycles. The van der Waals surface area contributed by atoms with Gasteiger partial charge < -0.3 is 13.7 Å². The summed E-state index contributed by atoms with van der Waals surface area (Å²) in [5.41, 5.74) is 12.1. The van der Waals surface area contributed by atoms with Gasteiger partial charge in [0.2, 0.25) is 0 Å². The van der Waals surface area contributed by atoms with Crippen LogP contribution in [0.4, 0.5) is 0 Å². The fraction of sp³-hybridized carbons (Fsp3) is 0.0222. The molecule has 0 aliphatic carbocycles. The number of benzene rings is 7. The van der Waals surface area contributed by atoms with Crippen molar-refractivity contribution in [3.05, 3.63) is 187 Å². The Bertz CT molecular complexity index is 2760. The van der Waals surface area contributed by atoms with Gasteiger partial charge in [-0.1, -0.05) is 109 Å². The highest BCUT2D eigenvalue weighted by Gasteiger charge is 2.22. The summed E-state index contributed by atoms with van der Waals surface area (Å²) < 4.78 is 7.26. The molecule has 0 atom stereocenters. The van der Waals surface area contributed by atoms with E-state index in [0.29, 0.717) is 0 Å². The molecule has 3 nitrogen and oxygen atoms in total. The predicted molar refractivity (Wildman–Crippen MR) is 201 cm³/mol. The summed E-state index contributed by atoms with van der Waals surface area (Å²) in [7, 11) is 0. The molecule has 48 heavy (non-hydrogen) atoms. The highest BCUT2D eigenvalue weighted by Crippen LogP contribution is 2.43. The summed E-state index contributed by atoms with van der Waals surface area (Å²) in [6.45, 7) is 0. The minimum Gasteiger partial charge on any atom is -0.316 e. The first kappa shape index (κ1) is 26.9. The number of hydrogen-bond donors (Lipinski definition) is 0. The lowest BCUT2D eigenvalue weighted by molar-refractivity contribution is 1.12. The van der Waals surface area contributed by atoms with Gasteiger partial charge in [-0.2, -0.15) is 0 Å². The minimum absolute atomic E-state index is 0.909. The van der Waals surface area contributed by atoms with Crippen molar-refractivity contribution in [3.63, 3.8) is 0 Å². The van der Waals surface area contributed by atoms with E-state index in [2.05, 4.69) is 190 Å². The first-order chi connectivity index (χ1) is 23.8. The molecule has 0 saturated heterocycles. The number of nitrogens with zero attached hydrogens (tertiary/aromatic N) is 3. The van der Waals surface area contributed by atoms with E-state index >= 15 is 0 Å². The van der Waals surface area contributed by atoms with Crippen LogP contribution in [-0.4, -0.2) is 13.7 Å². The van der Waals surface area contributed by atoms with Crippen LogP contribution in [0.3, 0.4) is 0 Å². The SMILES string of the molecule is c1ccc(Cc2ccc(-n3c4cc5c(ccn5-c5ccccc5)cc4c4ccc5c6ccccc6n(-c6ccccc6)c5c43)cc2)cc1. The van der Waals surface area contributed by atoms with E-state index < -0.39 is 0 Å². The number of rotatable bonds is 5. The quantitative estimate of drug-likeness (QED) is 0.183. The molecule has 0 amide bonds. The lowest BCUT2D eigenvalue weighted by atomic mass is 10.0. The monoisotopic (exact) mass is 613 g/mol. The van der Waals surface area contributed by atoms with Crippen LogP contribution in [-0.2, 0) is 6.42 Å². The fourth-order valence-corrected chi connectivity index (χ4v) is 7.70. The van der Waals surface area contributed by atoms with Crippen LogP contribution in [0.5, 0.6) is 0 Å². The topological polar surface area (TPSA) is 14.8 Å². The molecule has 226 valence electrons. The summed E-state index contributed by atoms with van der Waals surface area (Å²) in [5, 5.41) is 6.25. The largest absolute Gasteiger partial charge is 0.316 e. The highest BCUT2D eigenvalue weighted by molar-refractivity contribution is 6.24. The fourth-order valence-electron chi connectivity index (χ4n) is 7.70. The molecule has 3 aromatic heterocycles. The third-order valence-electron chi connectivity index (χ3n) is 9.87. The van der Waals surface area contributed by atoms with Crippen LogP contribution in [0.1, 0.15) is 11.1 Å². The Morgan fingerprint density at radius 3 is 1.65 bits per heavy atom. The van der Waals surface area contributed by atoms with E-state index in [1.165, 1.54) is 65.6 Å². The van der Waals surface area contributed by atoms with Gasteiger partial charge in [0, 0.05) is 50.2 Å². The van der Waals surface area contributed by atoms with E-state index in [9.17, 15) is 0 Å². The van der Waals surface area contributed by atoms with Crippen molar-refractivity contribution in [1.29, 1.82) is 0 Å². The Morgan fingerprint density at radius 1 is 0.354 bits per heavy atom. The second-order valence-corrected chi connectivity index (χ2v) is 12.7. The van der Waals surface area contributed by atoms with Crippen molar-refractivity contribution in [2.75, 3.05) is 0 Å². The Labute approximate surface area is 278 Å². The average molecular weight is 614 g/mol. The molecule has 0 saturated carbocycles. The first-order valence-electron chi connectivity index (χ1n) is 16.6. The van der Waals surface area contributed by atoms with E-state index in [1.54, 1.807) is 0 Å². The van der Waals surface area contributed by atoms with Crippen LogP contribution in [0.25, 0.3) is 71.6 Å². The van der Waals surface area contributed by atoms with Crippen LogP contribution in [0.15, 0.2) is 176 Å². The smallest absolute Gasteiger partial charge is 0.0788 e. The molecule has 0 N–H and O–H groups in total. The average Bonchev–Trinajstić information content (AvgIpc) is 3.82. The zero-order valence-electron chi connectivity index (χ0n) is 26.3. The second-order valence-electron chi connectivity index (χ2n) is 12.7. The van der Waals surface area contributed by atoms with Gasteiger partial charge in [0.1, 0.15) is 0 Å². The van der Waals surface area contributed by atoms with E-state index in [0.717, 1.165) is 23.5 Å². The van der Waals surface area contributed by atoms with Crippen molar-refractivity contribution in [1.82, 2.24) is 13.7 Å². The summed E-state index contributed by atoms with van der Waals surface area (Å²) >= 11 is 0. The molecule has 0 radical (unpaired) electrons. The van der Waals surface area contributed by atoms with Crippen molar-refractivity contribution >= 4 is 54.5 Å². The molecule has 0 bridgehead atoms. The van der Waals surface area contributed by atoms with Crippen molar-refractivity contribution in [2.45, 2.75) is 6.42 Å². The van der Waals surface area contributed by atoms with E-state index in [-0.39, 0.29) is 0 Å². The molecule has 10 rings (SSSR count). The Hall–Kier alpha value is -6.32. The number of aromatic nitrogens is 3. The molecule has 0 unspecified atom stereocenters. The molecular formula is C45H31N3. The van der Waals surface area contributed by atoms with Gasteiger partial charge in [0.15, 0.2) is 0 Å². The lowest BCUT2D eigenvalue weighted by Gasteiger charge is -2.13. The maximum atomic E-state index is 2.50. The van der Waals surface area contributed by atoms with E-state index in [1.807, 2.05) is 0 Å². The zero-order chi connectivity index (χ0) is 31.6. The van der Waals surface area contributed by atoms with Crippen LogP contribution in [0, 0.1) is 0 Å². The predicted octanol–water partition coefficient (Wildman–Crippen LogP) is 11.4. The maximum absolute atomic E-state index is 2.50. The van der Waals surface area contributed by atoms with Gasteiger partial charge in [0.25, 0.3) is 0 Å². The van der Waals surface area contributed by atoms with Crippen molar-refractivity contribution in [3.8, 4) is 17.1 Å². The summed E-state index contributed by atoms with van der Waals surface area (Å²) in [4.78, 5) is 0. The summed E-state index contributed by atoms with van der Waals surface area (Å²) in [5.74, 6) is 0. The van der Waals surface area contributed by atoms with Crippen LogP contribution in [0.2, 0.25) is 0 Å². The third-order valence-corrected chi connectivity index (χ3v) is 9.87. The normalized spacial score (nSPS) is 11.8. The number of fused-ring (bicyclic) bond motifs is 8. The number of para-hydroxylation sites is 3. The van der Waals surface area contributed by atoms with Crippen LogP contribution < -0.4 is 0 Å². The van der Waals surface area contributed by atoms with Gasteiger partial charge in [-0.15, -0.1) is 0 Å². The summed E-state index contributed by atoms with van der Waals surface area (Å²) in [6.07, 6.45) is 3.10. The Kier molecular flexibility index (Phi) is 5.94. The molecular weight excluding hydrogens is 583 g/mol. The van der Waals surface area contributed by atoms with E-state index in [4.69, 9.17) is 0 Å². The molecule has 0 aliphatic rings. The molecule has 0 fully saturated rings. The Balaban J connectivity index is 1.32. The zero-order valence-corrected chi connectivity index (χ0v) is 26.3. The molecule has 10 aromatic rings. The number of hydrogen-bond acceptors (Lipinski definition) is 0. The molecule has 3 heteroatoms.